The van der Waals surface area contributed by atoms with Crippen LogP contribution in [0.4, 0.5) is 5.69 Å². The third kappa shape index (κ3) is 6.87. The summed E-state index contributed by atoms with van der Waals surface area (Å²) >= 11 is 7.19. The van der Waals surface area contributed by atoms with Crippen LogP contribution in [-0.2, 0) is 14.3 Å². The number of anilines is 1. The number of aromatic nitrogens is 1. The molecule has 2 aromatic carbocycles. The normalized spacial score (nSPS) is 10.5. The summed E-state index contributed by atoms with van der Waals surface area (Å²) in [6.45, 7) is 3.56. The van der Waals surface area contributed by atoms with Gasteiger partial charge in [-0.25, -0.2) is 9.78 Å². The van der Waals surface area contributed by atoms with Gasteiger partial charge in [0.05, 0.1) is 6.54 Å². The fourth-order valence-electron chi connectivity index (χ4n) is 3.02. The number of nitrogens with zero attached hydrogens (tertiary/aromatic N) is 2. The molecular formula is C24H24ClN3O4S. The molecule has 1 heterocycles. The number of hydrogen-bond acceptors (Lipinski definition) is 6. The standard InChI is InChI=1S/C24H24ClN3O4S/c1-3-12-28(13-21(29)26-19-7-5-4-6-16(19)2)22(30)14-32-24(31)20-15-33-23(27-20)17-8-10-18(25)11-9-17/h4-11,15H,3,12-14H2,1-2H3,(H,26,29). The maximum atomic E-state index is 12.6. The maximum absolute atomic E-state index is 12.6. The monoisotopic (exact) mass is 485 g/mol. The van der Waals surface area contributed by atoms with Gasteiger partial charge in [0.15, 0.2) is 12.3 Å². The van der Waals surface area contributed by atoms with Gasteiger partial charge in [-0.1, -0.05) is 48.9 Å². The Bertz CT molecular complexity index is 1130. The summed E-state index contributed by atoms with van der Waals surface area (Å²) in [5, 5.41) is 5.64. The Balaban J connectivity index is 1.55. The molecule has 0 atom stereocenters. The second-order valence-electron chi connectivity index (χ2n) is 7.30. The van der Waals surface area contributed by atoms with Crippen molar-refractivity contribution in [1.82, 2.24) is 9.88 Å². The topological polar surface area (TPSA) is 88.6 Å². The second kappa shape index (κ2) is 11.6. The molecule has 33 heavy (non-hydrogen) atoms. The Morgan fingerprint density at radius 1 is 1.12 bits per heavy atom. The van der Waals surface area contributed by atoms with Crippen LogP contribution in [0.1, 0.15) is 29.4 Å². The highest BCUT2D eigenvalue weighted by atomic mass is 35.5. The number of halogens is 1. The molecular weight excluding hydrogens is 462 g/mol. The minimum absolute atomic E-state index is 0.122. The van der Waals surface area contributed by atoms with Gasteiger partial charge in [0.25, 0.3) is 5.91 Å². The van der Waals surface area contributed by atoms with Gasteiger partial charge in [-0.2, -0.15) is 0 Å². The van der Waals surface area contributed by atoms with Crippen LogP contribution in [-0.4, -0.2) is 47.4 Å². The molecule has 3 aromatic rings. The summed E-state index contributed by atoms with van der Waals surface area (Å²) in [5.41, 5.74) is 2.57. The second-order valence-corrected chi connectivity index (χ2v) is 8.59. The van der Waals surface area contributed by atoms with Crippen molar-refractivity contribution in [3.05, 3.63) is 70.2 Å². The Kier molecular flexibility index (Phi) is 8.57. The number of para-hydroxylation sites is 1. The molecule has 172 valence electrons. The number of hydrogen-bond donors (Lipinski definition) is 1. The van der Waals surface area contributed by atoms with Crippen LogP contribution in [0, 0.1) is 6.92 Å². The third-order valence-corrected chi connectivity index (χ3v) is 5.87. The lowest BCUT2D eigenvalue weighted by molar-refractivity contribution is -0.137. The molecule has 7 nitrogen and oxygen atoms in total. The first-order chi connectivity index (χ1) is 15.9. The number of carbonyl (C=O) groups excluding carboxylic acids is 3. The van der Waals surface area contributed by atoms with E-state index >= 15 is 0 Å². The van der Waals surface area contributed by atoms with Crippen LogP contribution in [0.15, 0.2) is 53.9 Å². The van der Waals surface area contributed by atoms with Crippen molar-refractivity contribution in [2.75, 3.05) is 25.0 Å². The Labute approximate surface area is 201 Å². The van der Waals surface area contributed by atoms with E-state index in [2.05, 4.69) is 10.3 Å². The maximum Gasteiger partial charge on any atom is 0.358 e. The van der Waals surface area contributed by atoms with E-state index < -0.39 is 18.5 Å². The molecule has 0 radical (unpaired) electrons. The molecule has 0 fully saturated rings. The molecule has 3 rings (SSSR count). The Morgan fingerprint density at radius 2 is 1.85 bits per heavy atom. The predicted molar refractivity (Wildman–Crippen MR) is 130 cm³/mol. The van der Waals surface area contributed by atoms with E-state index in [1.165, 1.54) is 16.2 Å². The summed E-state index contributed by atoms with van der Waals surface area (Å²) in [7, 11) is 0. The van der Waals surface area contributed by atoms with Crippen molar-refractivity contribution in [3.63, 3.8) is 0 Å². The highest BCUT2D eigenvalue weighted by Crippen LogP contribution is 2.25. The summed E-state index contributed by atoms with van der Waals surface area (Å²) in [4.78, 5) is 43.1. The van der Waals surface area contributed by atoms with Gasteiger partial charge < -0.3 is 15.0 Å². The molecule has 0 bridgehead atoms. The number of aryl methyl sites for hydroxylation is 1. The van der Waals surface area contributed by atoms with Gasteiger partial charge in [-0.05, 0) is 37.1 Å². The number of esters is 1. The molecule has 2 amide bonds. The average molecular weight is 486 g/mol. The van der Waals surface area contributed by atoms with Crippen molar-refractivity contribution in [2.45, 2.75) is 20.3 Å². The largest absolute Gasteiger partial charge is 0.451 e. The molecule has 0 unspecified atom stereocenters. The first-order valence-corrected chi connectivity index (χ1v) is 11.6. The van der Waals surface area contributed by atoms with Crippen LogP contribution in [0.25, 0.3) is 10.6 Å². The zero-order valence-electron chi connectivity index (χ0n) is 18.3. The van der Waals surface area contributed by atoms with Crippen molar-refractivity contribution in [3.8, 4) is 10.6 Å². The molecule has 0 saturated heterocycles. The quantitative estimate of drug-likeness (QED) is 0.439. The van der Waals surface area contributed by atoms with E-state index in [1.807, 2.05) is 44.2 Å². The van der Waals surface area contributed by atoms with E-state index in [0.29, 0.717) is 28.7 Å². The summed E-state index contributed by atoms with van der Waals surface area (Å²) in [6, 6.07) is 14.5. The van der Waals surface area contributed by atoms with Gasteiger partial charge >= 0.3 is 5.97 Å². The van der Waals surface area contributed by atoms with Crippen LogP contribution in [0.2, 0.25) is 5.02 Å². The van der Waals surface area contributed by atoms with Gasteiger partial charge in [-0.3, -0.25) is 9.59 Å². The number of rotatable bonds is 9. The Morgan fingerprint density at radius 3 is 2.55 bits per heavy atom. The van der Waals surface area contributed by atoms with E-state index in [0.717, 1.165) is 11.1 Å². The number of thiazole rings is 1. The van der Waals surface area contributed by atoms with Crippen LogP contribution < -0.4 is 5.32 Å². The van der Waals surface area contributed by atoms with E-state index in [9.17, 15) is 14.4 Å². The lowest BCUT2D eigenvalue weighted by atomic mass is 10.2. The van der Waals surface area contributed by atoms with Crippen LogP contribution >= 0.6 is 22.9 Å². The summed E-state index contributed by atoms with van der Waals surface area (Å²) < 4.78 is 5.17. The minimum Gasteiger partial charge on any atom is -0.451 e. The van der Waals surface area contributed by atoms with Gasteiger partial charge in [-0.15, -0.1) is 11.3 Å². The lowest BCUT2D eigenvalue weighted by Crippen LogP contribution is -2.40. The molecule has 9 heteroatoms. The van der Waals surface area contributed by atoms with E-state index in [4.69, 9.17) is 16.3 Å². The van der Waals surface area contributed by atoms with Crippen molar-refractivity contribution in [1.29, 1.82) is 0 Å². The smallest absolute Gasteiger partial charge is 0.358 e. The van der Waals surface area contributed by atoms with E-state index in [-0.39, 0.29) is 18.1 Å². The fourth-order valence-corrected chi connectivity index (χ4v) is 3.94. The SMILES string of the molecule is CCCN(CC(=O)Nc1ccccc1C)C(=O)COC(=O)c1csc(-c2ccc(Cl)cc2)n1. The Hall–Kier alpha value is -3.23. The number of carbonyl (C=O) groups is 3. The fraction of sp³-hybridized carbons (Fsp3) is 0.250. The molecule has 1 aromatic heterocycles. The first kappa shape index (κ1) is 24.4. The lowest BCUT2D eigenvalue weighted by Gasteiger charge is -2.21. The van der Waals surface area contributed by atoms with E-state index in [1.54, 1.807) is 23.6 Å². The van der Waals surface area contributed by atoms with Crippen LogP contribution in [0.3, 0.4) is 0 Å². The number of amides is 2. The highest BCUT2D eigenvalue weighted by molar-refractivity contribution is 7.13. The molecule has 0 aliphatic rings. The van der Waals surface area contributed by atoms with Gasteiger partial charge in [0.2, 0.25) is 5.91 Å². The van der Waals surface area contributed by atoms with Gasteiger partial charge in [0, 0.05) is 28.2 Å². The molecule has 0 spiro atoms. The first-order valence-electron chi connectivity index (χ1n) is 10.4. The third-order valence-electron chi connectivity index (χ3n) is 4.73. The van der Waals surface area contributed by atoms with Crippen molar-refractivity contribution in [2.24, 2.45) is 0 Å². The highest BCUT2D eigenvalue weighted by Gasteiger charge is 2.20. The molecule has 1 N–H and O–H groups in total. The minimum atomic E-state index is -0.694. The van der Waals surface area contributed by atoms with Crippen molar-refractivity contribution < 1.29 is 19.1 Å². The number of benzene rings is 2. The molecule has 0 aliphatic heterocycles. The van der Waals surface area contributed by atoms with Gasteiger partial charge in [0.1, 0.15) is 5.01 Å². The number of ether oxygens (including phenoxy) is 1. The predicted octanol–water partition coefficient (Wildman–Crippen LogP) is 4.81. The zero-order valence-corrected chi connectivity index (χ0v) is 19.9. The number of nitrogens with one attached hydrogen (secondary N) is 1. The average Bonchev–Trinajstić information content (AvgIpc) is 3.29. The molecule has 0 saturated carbocycles. The van der Waals surface area contributed by atoms with Crippen molar-refractivity contribution >= 4 is 46.4 Å². The summed E-state index contributed by atoms with van der Waals surface area (Å²) in [6.07, 6.45) is 0.661. The molecule has 0 aliphatic carbocycles. The summed E-state index contributed by atoms with van der Waals surface area (Å²) in [5.74, 6) is -1.46. The van der Waals surface area contributed by atoms with Crippen LogP contribution in [0.5, 0.6) is 0 Å². The zero-order chi connectivity index (χ0) is 23.8.